The SMILES string of the molecule is Cc1cc(NC(=O)C2(NC(=O)c3ccc(Br)s3)CSC2)ccc1N1CCOCC1=N. The van der Waals surface area contributed by atoms with Gasteiger partial charge in [-0.1, -0.05) is 0 Å². The third kappa shape index (κ3) is 4.27. The Kier molecular flexibility index (Phi) is 6.19. The minimum Gasteiger partial charge on any atom is -0.372 e. The molecule has 2 fully saturated rings. The fourth-order valence-electron chi connectivity index (χ4n) is 3.37. The second kappa shape index (κ2) is 8.70. The largest absolute Gasteiger partial charge is 0.372 e. The monoisotopic (exact) mass is 508 g/mol. The van der Waals surface area contributed by atoms with Gasteiger partial charge in [-0.2, -0.15) is 11.8 Å². The van der Waals surface area contributed by atoms with Crippen molar-refractivity contribution in [1.82, 2.24) is 5.32 Å². The molecule has 158 valence electrons. The maximum absolute atomic E-state index is 13.0. The van der Waals surface area contributed by atoms with Crippen molar-refractivity contribution in [2.24, 2.45) is 0 Å². The van der Waals surface area contributed by atoms with Gasteiger partial charge in [-0.25, -0.2) is 0 Å². The zero-order valence-electron chi connectivity index (χ0n) is 16.3. The standard InChI is InChI=1S/C20H21BrN4O3S2/c1-12-8-13(2-3-14(12)25-6-7-28-9-17(25)22)23-19(27)20(10-29-11-20)24-18(26)15-4-5-16(21)30-15/h2-5,8,22H,6-7,9-11H2,1H3,(H,23,27)(H,24,26). The van der Waals surface area contributed by atoms with Gasteiger partial charge in [-0.05, 0) is 58.7 Å². The van der Waals surface area contributed by atoms with E-state index in [0.29, 0.717) is 47.7 Å². The summed E-state index contributed by atoms with van der Waals surface area (Å²) in [5.74, 6) is 1.06. The maximum atomic E-state index is 13.0. The predicted octanol–water partition coefficient (Wildman–Crippen LogP) is 3.49. The van der Waals surface area contributed by atoms with Crippen molar-refractivity contribution in [1.29, 1.82) is 5.41 Å². The van der Waals surface area contributed by atoms with Gasteiger partial charge in [-0.15, -0.1) is 11.3 Å². The average molecular weight is 509 g/mol. The highest BCUT2D eigenvalue weighted by Crippen LogP contribution is 2.33. The molecule has 7 nitrogen and oxygen atoms in total. The molecule has 10 heteroatoms. The normalized spacial score (nSPS) is 17.9. The second-order valence-electron chi connectivity index (χ2n) is 7.24. The molecular weight excluding hydrogens is 488 g/mol. The Morgan fingerprint density at radius 1 is 1.27 bits per heavy atom. The average Bonchev–Trinajstić information content (AvgIpc) is 3.12. The highest BCUT2D eigenvalue weighted by Gasteiger charge is 2.46. The number of halogens is 1. The Balaban J connectivity index is 1.46. The van der Waals surface area contributed by atoms with Crippen LogP contribution in [0, 0.1) is 12.3 Å². The van der Waals surface area contributed by atoms with Crippen molar-refractivity contribution in [2.75, 3.05) is 41.5 Å². The number of hydrogen-bond acceptors (Lipinski definition) is 6. The van der Waals surface area contributed by atoms with Crippen LogP contribution in [0.15, 0.2) is 34.1 Å². The molecule has 0 atom stereocenters. The molecule has 0 saturated carbocycles. The number of carbonyl (C=O) groups excluding carboxylic acids is 2. The molecule has 0 aliphatic carbocycles. The van der Waals surface area contributed by atoms with Crippen LogP contribution >= 0.6 is 39.0 Å². The smallest absolute Gasteiger partial charge is 0.262 e. The van der Waals surface area contributed by atoms with E-state index >= 15 is 0 Å². The summed E-state index contributed by atoms with van der Waals surface area (Å²) in [5, 5.41) is 14.0. The van der Waals surface area contributed by atoms with Gasteiger partial charge in [0, 0.05) is 29.4 Å². The van der Waals surface area contributed by atoms with Gasteiger partial charge in [-0.3, -0.25) is 15.0 Å². The summed E-state index contributed by atoms with van der Waals surface area (Å²) in [6.07, 6.45) is 0. The van der Waals surface area contributed by atoms with Crippen molar-refractivity contribution >= 4 is 68.1 Å². The molecule has 30 heavy (non-hydrogen) atoms. The lowest BCUT2D eigenvalue weighted by molar-refractivity contribution is -0.120. The first-order valence-electron chi connectivity index (χ1n) is 9.38. The predicted molar refractivity (Wildman–Crippen MR) is 125 cm³/mol. The number of amides is 2. The van der Waals surface area contributed by atoms with Crippen molar-refractivity contribution < 1.29 is 14.3 Å². The molecule has 0 bridgehead atoms. The molecular formula is C20H21BrN4O3S2. The maximum Gasteiger partial charge on any atom is 0.262 e. The summed E-state index contributed by atoms with van der Waals surface area (Å²) in [5.41, 5.74) is 1.66. The van der Waals surface area contributed by atoms with E-state index in [9.17, 15) is 9.59 Å². The van der Waals surface area contributed by atoms with Crippen LogP contribution in [0.5, 0.6) is 0 Å². The van der Waals surface area contributed by atoms with E-state index in [1.807, 2.05) is 36.1 Å². The van der Waals surface area contributed by atoms with Crippen LogP contribution in [-0.2, 0) is 9.53 Å². The Morgan fingerprint density at radius 2 is 2.07 bits per heavy atom. The zero-order valence-corrected chi connectivity index (χ0v) is 19.5. The van der Waals surface area contributed by atoms with Crippen molar-refractivity contribution in [3.05, 3.63) is 44.6 Å². The summed E-state index contributed by atoms with van der Waals surface area (Å²) in [7, 11) is 0. The molecule has 1 aromatic carbocycles. The summed E-state index contributed by atoms with van der Waals surface area (Å²) in [4.78, 5) is 28.1. The lowest BCUT2D eigenvalue weighted by Crippen LogP contribution is -2.65. The molecule has 0 unspecified atom stereocenters. The third-order valence-electron chi connectivity index (χ3n) is 5.05. The number of thioether (sulfide) groups is 1. The molecule has 2 aliphatic heterocycles. The van der Waals surface area contributed by atoms with E-state index in [1.54, 1.807) is 17.8 Å². The fraction of sp³-hybridized carbons (Fsp3) is 0.350. The number of nitrogens with one attached hydrogen (secondary N) is 3. The fourth-order valence-corrected chi connectivity index (χ4v) is 5.67. The van der Waals surface area contributed by atoms with Gasteiger partial charge < -0.3 is 20.3 Å². The van der Waals surface area contributed by atoms with Crippen LogP contribution in [-0.4, -0.2) is 54.5 Å². The molecule has 2 aliphatic rings. The Hall–Kier alpha value is -1.88. The van der Waals surface area contributed by atoms with Crippen LogP contribution in [0.25, 0.3) is 0 Å². The number of benzene rings is 1. The number of anilines is 2. The highest BCUT2D eigenvalue weighted by atomic mass is 79.9. The third-order valence-corrected chi connectivity index (χ3v) is 8.07. The van der Waals surface area contributed by atoms with Gasteiger partial charge in [0.15, 0.2) is 0 Å². The Morgan fingerprint density at radius 3 is 2.67 bits per heavy atom. The molecule has 4 rings (SSSR count). The first-order valence-corrected chi connectivity index (χ1v) is 12.1. The minimum atomic E-state index is -0.906. The number of thiophene rings is 1. The van der Waals surface area contributed by atoms with Crippen molar-refractivity contribution in [3.63, 3.8) is 0 Å². The molecule has 0 radical (unpaired) electrons. The zero-order chi connectivity index (χ0) is 21.3. The van der Waals surface area contributed by atoms with Crippen LogP contribution in [0.2, 0.25) is 0 Å². The molecule has 3 heterocycles. The number of carbonyl (C=O) groups is 2. The molecule has 0 spiro atoms. The molecule has 3 N–H and O–H groups in total. The van der Waals surface area contributed by atoms with E-state index in [-0.39, 0.29) is 11.8 Å². The lowest BCUT2D eigenvalue weighted by atomic mass is 10.0. The summed E-state index contributed by atoms with van der Waals surface area (Å²) in [6, 6.07) is 9.20. The topological polar surface area (TPSA) is 94.5 Å². The van der Waals surface area contributed by atoms with E-state index in [2.05, 4.69) is 26.6 Å². The van der Waals surface area contributed by atoms with Crippen LogP contribution < -0.4 is 15.5 Å². The minimum absolute atomic E-state index is 0.212. The summed E-state index contributed by atoms with van der Waals surface area (Å²) >= 11 is 6.33. The summed E-state index contributed by atoms with van der Waals surface area (Å²) in [6.45, 7) is 3.48. The Labute approximate surface area is 191 Å². The molecule has 2 amide bonds. The molecule has 1 aromatic heterocycles. The van der Waals surface area contributed by atoms with E-state index in [1.165, 1.54) is 11.3 Å². The first-order chi connectivity index (χ1) is 14.4. The number of amidine groups is 1. The Bertz CT molecular complexity index is 1010. The summed E-state index contributed by atoms with van der Waals surface area (Å²) < 4.78 is 6.18. The number of nitrogens with zero attached hydrogens (tertiary/aromatic N) is 1. The van der Waals surface area contributed by atoms with Crippen molar-refractivity contribution in [2.45, 2.75) is 12.5 Å². The first kappa shape index (κ1) is 21.4. The second-order valence-corrected chi connectivity index (χ2v) is 10.7. The van der Waals surface area contributed by atoms with Crippen LogP contribution in [0.3, 0.4) is 0 Å². The van der Waals surface area contributed by atoms with Crippen LogP contribution in [0.4, 0.5) is 11.4 Å². The number of aryl methyl sites for hydroxylation is 1. The van der Waals surface area contributed by atoms with Gasteiger partial charge >= 0.3 is 0 Å². The van der Waals surface area contributed by atoms with Gasteiger partial charge in [0.05, 0.1) is 15.3 Å². The number of rotatable bonds is 5. The van der Waals surface area contributed by atoms with Crippen molar-refractivity contribution in [3.8, 4) is 0 Å². The van der Waals surface area contributed by atoms with Gasteiger partial charge in [0.25, 0.3) is 11.8 Å². The van der Waals surface area contributed by atoms with Crippen LogP contribution in [0.1, 0.15) is 15.2 Å². The van der Waals surface area contributed by atoms with Gasteiger partial charge in [0.1, 0.15) is 18.0 Å². The molecule has 2 aromatic rings. The number of ether oxygens (including phenoxy) is 1. The van der Waals surface area contributed by atoms with E-state index in [4.69, 9.17) is 10.1 Å². The number of morpholine rings is 1. The lowest BCUT2D eigenvalue weighted by Gasteiger charge is -2.40. The van der Waals surface area contributed by atoms with E-state index in [0.717, 1.165) is 15.0 Å². The van der Waals surface area contributed by atoms with E-state index < -0.39 is 5.54 Å². The quantitative estimate of drug-likeness (QED) is 0.574. The highest BCUT2D eigenvalue weighted by molar-refractivity contribution is 9.11. The molecule has 2 saturated heterocycles. The van der Waals surface area contributed by atoms with Gasteiger partial charge in [0.2, 0.25) is 0 Å². The number of hydrogen-bond donors (Lipinski definition) is 3.